The molecule has 0 aliphatic carbocycles. The molecule has 6 nitrogen and oxygen atoms in total. The van der Waals surface area contributed by atoms with Crippen LogP contribution in [0, 0.1) is 0 Å². The number of halogens is 1. The lowest BCUT2D eigenvalue weighted by Crippen LogP contribution is -2.41. The van der Waals surface area contributed by atoms with Gasteiger partial charge in [-0.3, -0.25) is 4.79 Å². The molecule has 8 heteroatoms. The van der Waals surface area contributed by atoms with Gasteiger partial charge in [0.05, 0.1) is 29.6 Å². The molecule has 1 saturated heterocycles. The quantitative estimate of drug-likeness (QED) is 0.783. The van der Waals surface area contributed by atoms with E-state index in [1.165, 1.54) is 17.9 Å². The molecule has 3 rings (SSSR count). The summed E-state index contributed by atoms with van der Waals surface area (Å²) in [6, 6.07) is 8.19. The van der Waals surface area contributed by atoms with Crippen LogP contribution in [0.15, 0.2) is 35.1 Å². The molecule has 0 radical (unpaired) electrons. The number of rotatable bonds is 3. The maximum atomic E-state index is 12.3. The molecular weight excluding hydrogens is 342 g/mol. The van der Waals surface area contributed by atoms with Crippen molar-refractivity contribution >= 4 is 24.3 Å². The fourth-order valence-corrected chi connectivity index (χ4v) is 2.79. The minimum Gasteiger partial charge on any atom is -0.495 e. The Morgan fingerprint density at radius 3 is 2.36 bits per heavy atom. The Labute approximate surface area is 151 Å². The second-order valence-electron chi connectivity index (χ2n) is 6.89. The summed E-state index contributed by atoms with van der Waals surface area (Å²) >= 11 is 6.33. The Morgan fingerprint density at radius 2 is 1.76 bits per heavy atom. The van der Waals surface area contributed by atoms with E-state index >= 15 is 0 Å². The van der Waals surface area contributed by atoms with Crippen LogP contribution in [0.1, 0.15) is 27.7 Å². The van der Waals surface area contributed by atoms with Gasteiger partial charge < -0.3 is 14.0 Å². The number of nitrogens with zero attached hydrogens (tertiary/aromatic N) is 2. The summed E-state index contributed by atoms with van der Waals surface area (Å²) in [5, 5.41) is 4.72. The van der Waals surface area contributed by atoms with Crippen molar-refractivity contribution in [2.45, 2.75) is 38.9 Å². The lowest BCUT2D eigenvalue weighted by molar-refractivity contribution is 0.00578. The molecule has 0 bridgehead atoms. The summed E-state index contributed by atoms with van der Waals surface area (Å²) in [5.74, 6) is 0.467. The molecule has 132 valence electrons. The second-order valence-corrected chi connectivity index (χ2v) is 7.27. The highest BCUT2D eigenvalue weighted by Gasteiger charge is 2.52. The Kier molecular flexibility index (Phi) is 4.43. The zero-order valence-electron chi connectivity index (χ0n) is 14.9. The third-order valence-corrected chi connectivity index (χ3v) is 5.09. The number of ether oxygens (including phenoxy) is 1. The van der Waals surface area contributed by atoms with Gasteiger partial charge in [0.25, 0.3) is 5.56 Å². The van der Waals surface area contributed by atoms with Gasteiger partial charge in [0, 0.05) is 6.07 Å². The average molecular weight is 363 g/mol. The largest absolute Gasteiger partial charge is 0.516 e. The minimum atomic E-state index is -0.666. The first kappa shape index (κ1) is 18.0. The van der Waals surface area contributed by atoms with Crippen molar-refractivity contribution in [2.24, 2.45) is 0 Å². The van der Waals surface area contributed by atoms with Gasteiger partial charge in [-0.1, -0.05) is 17.7 Å². The molecule has 1 aliphatic heterocycles. The second kappa shape index (κ2) is 6.16. The van der Waals surface area contributed by atoms with Crippen LogP contribution in [-0.2, 0) is 9.31 Å². The van der Waals surface area contributed by atoms with Crippen LogP contribution in [0.5, 0.6) is 5.75 Å². The first-order valence-corrected chi connectivity index (χ1v) is 8.33. The van der Waals surface area contributed by atoms with E-state index in [1.54, 1.807) is 24.3 Å². The molecule has 0 N–H and O–H groups in total. The third-order valence-electron chi connectivity index (χ3n) is 4.71. The molecule has 2 aromatic rings. The van der Waals surface area contributed by atoms with Gasteiger partial charge in [-0.25, -0.2) is 0 Å². The van der Waals surface area contributed by atoms with Crippen molar-refractivity contribution in [2.75, 3.05) is 7.11 Å². The predicted molar refractivity (Wildman–Crippen MR) is 97.1 cm³/mol. The van der Waals surface area contributed by atoms with E-state index in [9.17, 15) is 4.79 Å². The lowest BCUT2D eigenvalue weighted by atomic mass is 9.85. The summed E-state index contributed by atoms with van der Waals surface area (Å²) in [6.45, 7) is 7.84. The van der Waals surface area contributed by atoms with Crippen molar-refractivity contribution in [1.29, 1.82) is 0 Å². The van der Waals surface area contributed by atoms with Crippen LogP contribution >= 0.6 is 11.6 Å². The van der Waals surface area contributed by atoms with Gasteiger partial charge >= 0.3 is 7.12 Å². The fourth-order valence-electron chi connectivity index (χ4n) is 2.51. The average Bonchev–Trinajstić information content (AvgIpc) is 2.76. The Hall–Kier alpha value is -1.83. The normalized spacial score (nSPS) is 18.4. The molecule has 1 aromatic heterocycles. The number of benzene rings is 1. The van der Waals surface area contributed by atoms with E-state index in [0.29, 0.717) is 22.1 Å². The number of methoxy groups -OCH3 is 1. The topological polar surface area (TPSA) is 62.6 Å². The van der Waals surface area contributed by atoms with Gasteiger partial charge in [0.1, 0.15) is 10.8 Å². The van der Waals surface area contributed by atoms with Crippen molar-refractivity contribution < 1.29 is 14.0 Å². The van der Waals surface area contributed by atoms with E-state index < -0.39 is 18.3 Å². The molecule has 0 spiro atoms. The summed E-state index contributed by atoms with van der Waals surface area (Å²) < 4.78 is 18.4. The summed E-state index contributed by atoms with van der Waals surface area (Å²) in [5.41, 5.74) is -0.362. The molecule has 1 aliphatic rings. The molecule has 0 amide bonds. The Morgan fingerprint density at radius 1 is 1.12 bits per heavy atom. The molecule has 2 heterocycles. The third kappa shape index (κ3) is 3.08. The molecule has 1 fully saturated rings. The lowest BCUT2D eigenvalue weighted by Gasteiger charge is -2.32. The van der Waals surface area contributed by atoms with Gasteiger partial charge in [0.15, 0.2) is 0 Å². The van der Waals surface area contributed by atoms with Gasteiger partial charge in [-0.2, -0.15) is 9.78 Å². The monoisotopic (exact) mass is 362 g/mol. The summed E-state index contributed by atoms with van der Waals surface area (Å²) in [6.07, 6.45) is 0. The van der Waals surface area contributed by atoms with E-state index in [4.69, 9.17) is 25.6 Å². The van der Waals surface area contributed by atoms with E-state index in [2.05, 4.69) is 5.10 Å². The highest BCUT2D eigenvalue weighted by Crippen LogP contribution is 2.36. The number of aromatic nitrogens is 2. The molecule has 0 unspecified atom stereocenters. The highest BCUT2D eigenvalue weighted by molar-refractivity contribution is 6.61. The molecular formula is C17H20BClN2O4. The molecule has 0 atom stereocenters. The van der Waals surface area contributed by atoms with E-state index in [-0.39, 0.29) is 5.56 Å². The van der Waals surface area contributed by atoms with Crippen LogP contribution in [0.3, 0.4) is 0 Å². The van der Waals surface area contributed by atoms with Crippen molar-refractivity contribution in [1.82, 2.24) is 9.78 Å². The van der Waals surface area contributed by atoms with E-state index in [0.717, 1.165) is 0 Å². The maximum absolute atomic E-state index is 12.3. The number of hydrogen-bond acceptors (Lipinski definition) is 5. The molecule has 0 saturated carbocycles. The van der Waals surface area contributed by atoms with Crippen molar-refractivity contribution in [3.05, 3.63) is 45.7 Å². The molecule has 1 aromatic carbocycles. The summed E-state index contributed by atoms with van der Waals surface area (Å²) in [4.78, 5) is 12.3. The van der Waals surface area contributed by atoms with Crippen LogP contribution in [-0.4, -0.2) is 35.2 Å². The van der Waals surface area contributed by atoms with Gasteiger partial charge in [-0.05, 0) is 45.9 Å². The van der Waals surface area contributed by atoms with Gasteiger partial charge in [-0.15, -0.1) is 0 Å². The van der Waals surface area contributed by atoms with Crippen LogP contribution < -0.4 is 15.9 Å². The Balaban J connectivity index is 2.05. The van der Waals surface area contributed by atoms with E-state index in [1.807, 2.05) is 27.7 Å². The van der Waals surface area contributed by atoms with Crippen LogP contribution in [0.4, 0.5) is 0 Å². The summed E-state index contributed by atoms with van der Waals surface area (Å²) in [7, 11) is 0.850. The standard InChI is InChI=1S/C17H20BClN2O4/c1-16(2)17(3,4)25-18(24-16)13-9-10-14(22)21(20-13)11-7-6-8-12(23-5)15(11)19/h6-10H,1-5H3. The minimum absolute atomic E-state index is 0.310. The van der Waals surface area contributed by atoms with Crippen molar-refractivity contribution in [3.8, 4) is 11.4 Å². The van der Waals surface area contributed by atoms with Crippen LogP contribution in [0.2, 0.25) is 5.02 Å². The number of hydrogen-bond donors (Lipinski definition) is 0. The van der Waals surface area contributed by atoms with Gasteiger partial charge in [0.2, 0.25) is 0 Å². The smallest absolute Gasteiger partial charge is 0.495 e. The maximum Gasteiger partial charge on any atom is 0.516 e. The SMILES string of the molecule is COc1cccc(-n2nc(B3OC(C)(C)C(C)(C)O3)ccc2=O)c1Cl. The predicted octanol–water partition coefficient (Wildman–Crippen LogP) is 2.19. The first-order valence-electron chi connectivity index (χ1n) is 7.95. The zero-order valence-corrected chi connectivity index (χ0v) is 15.6. The first-order chi connectivity index (χ1) is 11.7. The molecule has 25 heavy (non-hydrogen) atoms. The fraction of sp³-hybridized carbons (Fsp3) is 0.412. The zero-order chi connectivity index (χ0) is 18.4. The highest BCUT2D eigenvalue weighted by atomic mass is 35.5. The van der Waals surface area contributed by atoms with Crippen LogP contribution in [0.25, 0.3) is 5.69 Å². The van der Waals surface area contributed by atoms with Crippen molar-refractivity contribution in [3.63, 3.8) is 0 Å². The Bertz CT molecular complexity index is 850.